The number of fused-ring (bicyclic) bond motifs is 1. The summed E-state index contributed by atoms with van der Waals surface area (Å²) >= 11 is 3.52. The predicted octanol–water partition coefficient (Wildman–Crippen LogP) is 3.52. The maximum Gasteiger partial charge on any atom is 0.248 e. The molecule has 0 aliphatic carbocycles. The number of hydrogen-bond acceptors (Lipinski definition) is 7. The van der Waals surface area contributed by atoms with Gasteiger partial charge in [-0.1, -0.05) is 33.2 Å². The van der Waals surface area contributed by atoms with Crippen LogP contribution in [0.3, 0.4) is 0 Å². The summed E-state index contributed by atoms with van der Waals surface area (Å²) in [5.41, 5.74) is 2.75. The first-order valence-corrected chi connectivity index (χ1v) is 9.27. The molecular formula is C19H18BrN5O3. The van der Waals surface area contributed by atoms with E-state index >= 15 is 0 Å². The van der Waals surface area contributed by atoms with Crippen LogP contribution in [0.15, 0.2) is 46.9 Å². The van der Waals surface area contributed by atoms with Gasteiger partial charge in [0.2, 0.25) is 11.7 Å². The molecule has 1 N–H and O–H groups in total. The molecule has 0 amide bonds. The van der Waals surface area contributed by atoms with Crippen LogP contribution in [0.5, 0.6) is 17.2 Å². The Labute approximate surface area is 170 Å². The summed E-state index contributed by atoms with van der Waals surface area (Å²) in [4.78, 5) is 0. The number of halogens is 1. The molecular weight excluding hydrogens is 426 g/mol. The van der Waals surface area contributed by atoms with Crippen LogP contribution < -0.4 is 19.5 Å². The normalized spacial score (nSPS) is 15.3. The highest BCUT2D eigenvalue weighted by Crippen LogP contribution is 2.45. The fourth-order valence-electron chi connectivity index (χ4n) is 3.26. The van der Waals surface area contributed by atoms with Crippen molar-refractivity contribution in [2.75, 3.05) is 26.6 Å². The molecule has 0 fully saturated rings. The second-order valence-corrected chi connectivity index (χ2v) is 6.95. The molecule has 9 heteroatoms. The van der Waals surface area contributed by atoms with Gasteiger partial charge in [-0.3, -0.25) is 0 Å². The van der Waals surface area contributed by atoms with E-state index < -0.39 is 0 Å². The molecule has 3 aromatic rings. The van der Waals surface area contributed by atoms with Gasteiger partial charge >= 0.3 is 0 Å². The molecule has 0 saturated carbocycles. The molecule has 1 aliphatic rings. The molecule has 0 spiro atoms. The zero-order valence-electron chi connectivity index (χ0n) is 15.5. The number of methoxy groups -OCH3 is 3. The van der Waals surface area contributed by atoms with Gasteiger partial charge in [0.05, 0.1) is 21.3 Å². The molecule has 0 unspecified atom stereocenters. The molecule has 144 valence electrons. The second-order valence-electron chi connectivity index (χ2n) is 6.03. The van der Waals surface area contributed by atoms with Crippen molar-refractivity contribution in [3.8, 4) is 17.2 Å². The van der Waals surface area contributed by atoms with Crippen molar-refractivity contribution < 1.29 is 14.2 Å². The average Bonchev–Trinajstić information content (AvgIpc) is 3.20. The number of nitrogens with zero attached hydrogens (tertiary/aromatic N) is 4. The zero-order chi connectivity index (χ0) is 19.7. The first-order chi connectivity index (χ1) is 13.7. The van der Waals surface area contributed by atoms with E-state index in [0.717, 1.165) is 21.3 Å². The number of hydrogen-bond donors (Lipinski definition) is 1. The summed E-state index contributed by atoms with van der Waals surface area (Å²) < 4.78 is 19.3. The monoisotopic (exact) mass is 443 g/mol. The number of allylic oxidation sites excluding steroid dienone is 1. The van der Waals surface area contributed by atoms with Crippen molar-refractivity contribution >= 4 is 27.6 Å². The third-order valence-corrected chi connectivity index (χ3v) is 5.01. The summed E-state index contributed by atoms with van der Waals surface area (Å²) in [5.74, 6) is 2.22. The molecule has 1 aliphatic heterocycles. The van der Waals surface area contributed by atoms with Crippen molar-refractivity contribution in [1.29, 1.82) is 0 Å². The zero-order valence-corrected chi connectivity index (χ0v) is 17.1. The van der Waals surface area contributed by atoms with E-state index in [9.17, 15) is 0 Å². The highest BCUT2D eigenvalue weighted by Gasteiger charge is 2.29. The fourth-order valence-corrected chi connectivity index (χ4v) is 3.66. The third kappa shape index (κ3) is 3.07. The van der Waals surface area contributed by atoms with Gasteiger partial charge in [0, 0.05) is 15.7 Å². The van der Waals surface area contributed by atoms with Gasteiger partial charge in [0.1, 0.15) is 6.04 Å². The third-order valence-electron chi connectivity index (χ3n) is 4.52. The number of aromatic nitrogens is 4. The number of ether oxygens (including phenoxy) is 3. The van der Waals surface area contributed by atoms with E-state index in [1.54, 1.807) is 26.0 Å². The van der Waals surface area contributed by atoms with Gasteiger partial charge in [-0.25, -0.2) is 0 Å². The first kappa shape index (κ1) is 18.3. The average molecular weight is 444 g/mol. The SMILES string of the molecule is COc1ccc([C@H]2C=C(c3cccc(Br)c3)Nc3nnnn32)c(OC)c1OC. The largest absolute Gasteiger partial charge is 0.493 e. The molecule has 1 aromatic heterocycles. The van der Waals surface area contributed by atoms with E-state index in [4.69, 9.17) is 14.2 Å². The molecule has 1 atom stereocenters. The second kappa shape index (κ2) is 7.51. The molecule has 4 rings (SSSR count). The van der Waals surface area contributed by atoms with Crippen LogP contribution >= 0.6 is 15.9 Å². The van der Waals surface area contributed by atoms with Crippen LogP contribution in [0, 0.1) is 0 Å². The Morgan fingerprint density at radius 1 is 1.04 bits per heavy atom. The quantitative estimate of drug-likeness (QED) is 0.645. The molecule has 2 aromatic carbocycles. The standard InChI is InChI=1S/C19H18BrN5O3/c1-26-16-8-7-13(17(27-2)18(16)28-3)15-10-14(11-5-4-6-12(20)9-11)21-19-22-23-24-25(15)19/h4-10,15H,1-3H3,(H,21,22,24)/t15-/m1/s1. The van der Waals surface area contributed by atoms with Gasteiger partial charge in [-0.05, 0) is 46.3 Å². The summed E-state index contributed by atoms with van der Waals surface area (Å²) in [6.07, 6.45) is 2.05. The van der Waals surface area contributed by atoms with Crippen LogP contribution in [0.4, 0.5) is 5.95 Å². The van der Waals surface area contributed by atoms with Crippen molar-refractivity contribution in [2.45, 2.75) is 6.04 Å². The summed E-state index contributed by atoms with van der Waals surface area (Å²) in [6.45, 7) is 0. The Hall–Kier alpha value is -3.07. The summed E-state index contributed by atoms with van der Waals surface area (Å²) in [7, 11) is 4.77. The highest BCUT2D eigenvalue weighted by molar-refractivity contribution is 9.10. The highest BCUT2D eigenvalue weighted by atomic mass is 79.9. The molecule has 8 nitrogen and oxygen atoms in total. The van der Waals surface area contributed by atoms with E-state index in [1.165, 1.54) is 0 Å². The van der Waals surface area contributed by atoms with Crippen LogP contribution in [0.1, 0.15) is 17.2 Å². The lowest BCUT2D eigenvalue weighted by Gasteiger charge is -2.25. The van der Waals surface area contributed by atoms with E-state index in [0.29, 0.717) is 23.2 Å². The Morgan fingerprint density at radius 2 is 1.86 bits per heavy atom. The summed E-state index contributed by atoms with van der Waals surface area (Å²) in [5, 5.41) is 15.3. The van der Waals surface area contributed by atoms with E-state index in [1.807, 2.05) is 36.4 Å². The number of nitrogens with one attached hydrogen (secondary N) is 1. The number of anilines is 1. The van der Waals surface area contributed by atoms with E-state index in [2.05, 4.69) is 42.8 Å². The Balaban J connectivity index is 1.89. The lowest BCUT2D eigenvalue weighted by Crippen LogP contribution is -2.21. The summed E-state index contributed by atoms with van der Waals surface area (Å²) in [6, 6.07) is 11.5. The topological polar surface area (TPSA) is 83.3 Å². The molecule has 0 bridgehead atoms. The smallest absolute Gasteiger partial charge is 0.248 e. The van der Waals surface area contributed by atoms with Crippen molar-refractivity contribution in [3.05, 3.63) is 58.1 Å². The lowest BCUT2D eigenvalue weighted by atomic mass is 10.00. The van der Waals surface area contributed by atoms with Crippen molar-refractivity contribution in [1.82, 2.24) is 20.2 Å². The van der Waals surface area contributed by atoms with Gasteiger partial charge in [0.25, 0.3) is 0 Å². The number of benzene rings is 2. The fraction of sp³-hybridized carbons (Fsp3) is 0.211. The Kier molecular flexibility index (Phi) is 4.91. The molecule has 28 heavy (non-hydrogen) atoms. The maximum absolute atomic E-state index is 5.67. The number of tetrazole rings is 1. The first-order valence-electron chi connectivity index (χ1n) is 8.47. The Bertz CT molecular complexity index is 1050. The maximum atomic E-state index is 5.67. The van der Waals surface area contributed by atoms with Crippen LogP contribution in [0.2, 0.25) is 0 Å². The lowest BCUT2D eigenvalue weighted by molar-refractivity contribution is 0.320. The van der Waals surface area contributed by atoms with Crippen LogP contribution in [0.25, 0.3) is 5.70 Å². The minimum atomic E-state index is -0.296. The van der Waals surface area contributed by atoms with E-state index in [-0.39, 0.29) is 6.04 Å². The number of rotatable bonds is 5. The van der Waals surface area contributed by atoms with Gasteiger partial charge in [0.15, 0.2) is 11.5 Å². The molecule has 2 heterocycles. The molecule has 0 radical (unpaired) electrons. The minimum Gasteiger partial charge on any atom is -0.493 e. The Morgan fingerprint density at radius 3 is 2.57 bits per heavy atom. The predicted molar refractivity (Wildman–Crippen MR) is 108 cm³/mol. The van der Waals surface area contributed by atoms with Crippen molar-refractivity contribution in [2.24, 2.45) is 0 Å². The minimum absolute atomic E-state index is 0.296. The molecule has 0 saturated heterocycles. The van der Waals surface area contributed by atoms with Gasteiger partial charge in [-0.2, -0.15) is 4.68 Å². The van der Waals surface area contributed by atoms with Crippen LogP contribution in [-0.2, 0) is 0 Å². The van der Waals surface area contributed by atoms with Gasteiger partial charge in [-0.15, -0.1) is 0 Å². The van der Waals surface area contributed by atoms with Gasteiger partial charge < -0.3 is 19.5 Å². The van der Waals surface area contributed by atoms with Crippen LogP contribution in [-0.4, -0.2) is 41.5 Å². The van der Waals surface area contributed by atoms with Crippen molar-refractivity contribution in [3.63, 3.8) is 0 Å².